The number of hydrogen-bond acceptors (Lipinski definition) is 2. The minimum absolute atomic E-state index is 0.154. The number of aryl methyl sites for hydroxylation is 1. The van der Waals surface area contributed by atoms with Crippen LogP contribution in [-0.2, 0) is 0 Å². The molecule has 0 saturated heterocycles. The van der Waals surface area contributed by atoms with Gasteiger partial charge in [-0.15, -0.1) is 0 Å². The molecule has 1 fully saturated rings. The summed E-state index contributed by atoms with van der Waals surface area (Å²) in [5.74, 6) is 0.154. The highest BCUT2D eigenvalue weighted by molar-refractivity contribution is 6.33. The van der Waals surface area contributed by atoms with Gasteiger partial charge in [0.15, 0.2) is 0 Å². The highest BCUT2D eigenvalue weighted by atomic mass is 35.5. The van der Waals surface area contributed by atoms with E-state index in [9.17, 15) is 9.90 Å². The monoisotopic (exact) mass is 296 g/mol. The molecule has 0 bridgehead atoms. The SMILES string of the molecule is Cc1cccc(Cl)c1NC(=O)NCC1CCCCC1O. The van der Waals surface area contributed by atoms with Crippen molar-refractivity contribution in [1.82, 2.24) is 5.32 Å². The first kappa shape index (κ1) is 15.1. The highest BCUT2D eigenvalue weighted by Crippen LogP contribution is 2.25. The van der Waals surface area contributed by atoms with E-state index in [0.29, 0.717) is 17.3 Å². The molecule has 110 valence electrons. The Hall–Kier alpha value is -1.26. The fourth-order valence-corrected chi connectivity index (χ4v) is 2.87. The second-order valence-corrected chi connectivity index (χ2v) is 5.79. The minimum Gasteiger partial charge on any atom is -0.393 e. The van der Waals surface area contributed by atoms with Gasteiger partial charge in [0.25, 0.3) is 0 Å². The molecular formula is C15H21ClN2O2. The van der Waals surface area contributed by atoms with Gasteiger partial charge in [-0.1, -0.05) is 36.6 Å². The normalized spacial score (nSPS) is 22.4. The predicted molar refractivity (Wildman–Crippen MR) is 81.2 cm³/mol. The zero-order chi connectivity index (χ0) is 14.5. The maximum absolute atomic E-state index is 11.9. The van der Waals surface area contributed by atoms with Crippen LogP contribution in [0.4, 0.5) is 10.5 Å². The second kappa shape index (κ2) is 6.95. The van der Waals surface area contributed by atoms with Crippen molar-refractivity contribution >= 4 is 23.3 Å². The summed E-state index contributed by atoms with van der Waals surface area (Å²) in [6.07, 6.45) is 3.69. The standard InChI is InChI=1S/C15H21ClN2O2/c1-10-5-4-7-12(16)14(10)18-15(20)17-9-11-6-2-3-8-13(11)19/h4-5,7,11,13,19H,2-3,6,8-9H2,1H3,(H2,17,18,20). The van der Waals surface area contributed by atoms with Crippen LogP contribution >= 0.6 is 11.6 Å². The average Bonchev–Trinajstić information content (AvgIpc) is 2.42. The van der Waals surface area contributed by atoms with Crippen molar-refractivity contribution in [2.24, 2.45) is 5.92 Å². The van der Waals surface area contributed by atoms with Crippen molar-refractivity contribution in [2.75, 3.05) is 11.9 Å². The molecule has 2 rings (SSSR count). The van der Waals surface area contributed by atoms with Crippen molar-refractivity contribution in [3.63, 3.8) is 0 Å². The molecule has 2 amide bonds. The van der Waals surface area contributed by atoms with E-state index in [0.717, 1.165) is 31.2 Å². The Balaban J connectivity index is 1.86. The molecule has 3 N–H and O–H groups in total. The third-order valence-corrected chi connectivity index (χ3v) is 4.17. The van der Waals surface area contributed by atoms with E-state index < -0.39 is 0 Å². The maximum Gasteiger partial charge on any atom is 0.319 e. The van der Waals surface area contributed by atoms with Gasteiger partial charge in [0.05, 0.1) is 16.8 Å². The summed E-state index contributed by atoms with van der Waals surface area (Å²) >= 11 is 6.06. The molecule has 0 heterocycles. The molecule has 4 nitrogen and oxygen atoms in total. The van der Waals surface area contributed by atoms with E-state index in [4.69, 9.17) is 11.6 Å². The topological polar surface area (TPSA) is 61.4 Å². The Morgan fingerprint density at radius 1 is 1.40 bits per heavy atom. The number of halogens is 1. The molecule has 0 radical (unpaired) electrons. The molecule has 5 heteroatoms. The molecule has 2 atom stereocenters. The van der Waals surface area contributed by atoms with Gasteiger partial charge in [-0.2, -0.15) is 0 Å². The molecule has 1 aromatic rings. The number of urea groups is 1. The quantitative estimate of drug-likeness (QED) is 0.801. The molecule has 0 aromatic heterocycles. The number of carbonyl (C=O) groups is 1. The maximum atomic E-state index is 11.9. The zero-order valence-corrected chi connectivity index (χ0v) is 12.4. The number of carbonyl (C=O) groups excluding carboxylic acids is 1. The van der Waals surface area contributed by atoms with Gasteiger partial charge in [0.1, 0.15) is 0 Å². The summed E-state index contributed by atoms with van der Waals surface area (Å²) in [6, 6.07) is 5.21. The lowest BCUT2D eigenvalue weighted by Crippen LogP contribution is -2.38. The Morgan fingerprint density at radius 2 is 2.15 bits per heavy atom. The molecule has 1 aliphatic rings. The molecule has 0 aliphatic heterocycles. The number of anilines is 1. The van der Waals surface area contributed by atoms with Crippen LogP contribution < -0.4 is 10.6 Å². The van der Waals surface area contributed by atoms with E-state index in [1.807, 2.05) is 19.1 Å². The lowest BCUT2D eigenvalue weighted by molar-refractivity contribution is 0.0711. The summed E-state index contributed by atoms with van der Waals surface area (Å²) in [4.78, 5) is 11.9. The van der Waals surface area contributed by atoms with Gasteiger partial charge >= 0.3 is 6.03 Å². The first-order valence-corrected chi connectivity index (χ1v) is 7.43. The zero-order valence-electron chi connectivity index (χ0n) is 11.7. The van der Waals surface area contributed by atoms with E-state index >= 15 is 0 Å². The fraction of sp³-hybridized carbons (Fsp3) is 0.533. The highest BCUT2D eigenvalue weighted by Gasteiger charge is 2.23. The number of aliphatic hydroxyl groups excluding tert-OH is 1. The van der Waals surface area contributed by atoms with Gasteiger partial charge in [0, 0.05) is 12.5 Å². The Labute approximate surface area is 124 Å². The van der Waals surface area contributed by atoms with Crippen LogP contribution in [0, 0.1) is 12.8 Å². The van der Waals surface area contributed by atoms with Gasteiger partial charge in [-0.25, -0.2) is 4.79 Å². The van der Waals surface area contributed by atoms with Crippen molar-refractivity contribution in [2.45, 2.75) is 38.7 Å². The van der Waals surface area contributed by atoms with Crippen LogP contribution in [0.3, 0.4) is 0 Å². The van der Waals surface area contributed by atoms with Crippen LogP contribution in [0.15, 0.2) is 18.2 Å². The van der Waals surface area contributed by atoms with Crippen LogP contribution in [0.2, 0.25) is 5.02 Å². The minimum atomic E-state index is -0.300. The number of nitrogens with one attached hydrogen (secondary N) is 2. The van der Waals surface area contributed by atoms with Crippen LogP contribution in [0.1, 0.15) is 31.2 Å². The number of rotatable bonds is 3. The summed E-state index contributed by atoms with van der Waals surface area (Å²) in [7, 11) is 0. The number of hydrogen-bond donors (Lipinski definition) is 3. The fourth-order valence-electron chi connectivity index (χ4n) is 2.60. The Morgan fingerprint density at radius 3 is 2.85 bits per heavy atom. The van der Waals surface area contributed by atoms with Gasteiger partial charge in [0.2, 0.25) is 0 Å². The molecular weight excluding hydrogens is 276 g/mol. The van der Waals surface area contributed by atoms with Gasteiger partial charge in [-0.3, -0.25) is 0 Å². The number of aliphatic hydroxyl groups is 1. The lowest BCUT2D eigenvalue weighted by Gasteiger charge is -2.27. The molecule has 20 heavy (non-hydrogen) atoms. The molecule has 0 spiro atoms. The van der Waals surface area contributed by atoms with Crippen LogP contribution in [-0.4, -0.2) is 23.8 Å². The molecule has 1 aliphatic carbocycles. The molecule has 1 aromatic carbocycles. The number of para-hydroxylation sites is 1. The van der Waals surface area contributed by atoms with Crippen molar-refractivity contribution in [3.8, 4) is 0 Å². The average molecular weight is 297 g/mol. The summed E-state index contributed by atoms with van der Waals surface area (Å²) < 4.78 is 0. The Bertz CT molecular complexity index is 459. The summed E-state index contributed by atoms with van der Waals surface area (Å²) in [6.45, 7) is 2.39. The third kappa shape index (κ3) is 3.87. The summed E-state index contributed by atoms with van der Waals surface area (Å²) in [5.41, 5.74) is 1.56. The largest absolute Gasteiger partial charge is 0.393 e. The summed E-state index contributed by atoms with van der Waals surface area (Å²) in [5, 5.41) is 16.0. The Kier molecular flexibility index (Phi) is 5.26. The first-order valence-electron chi connectivity index (χ1n) is 7.06. The van der Waals surface area contributed by atoms with Crippen molar-refractivity contribution in [3.05, 3.63) is 28.8 Å². The van der Waals surface area contributed by atoms with E-state index in [-0.39, 0.29) is 18.1 Å². The smallest absolute Gasteiger partial charge is 0.319 e. The van der Waals surface area contributed by atoms with Crippen molar-refractivity contribution < 1.29 is 9.90 Å². The first-order chi connectivity index (χ1) is 9.58. The third-order valence-electron chi connectivity index (χ3n) is 3.85. The second-order valence-electron chi connectivity index (χ2n) is 5.38. The lowest BCUT2D eigenvalue weighted by atomic mass is 9.86. The molecule has 1 saturated carbocycles. The van der Waals surface area contributed by atoms with Crippen molar-refractivity contribution in [1.29, 1.82) is 0 Å². The van der Waals surface area contributed by atoms with E-state index in [1.54, 1.807) is 6.07 Å². The number of benzene rings is 1. The molecule has 2 unspecified atom stereocenters. The van der Waals surface area contributed by atoms with E-state index in [2.05, 4.69) is 10.6 Å². The predicted octanol–water partition coefficient (Wildman–Crippen LogP) is 3.32. The van der Waals surface area contributed by atoms with Crippen LogP contribution in [0.25, 0.3) is 0 Å². The van der Waals surface area contributed by atoms with Gasteiger partial charge in [-0.05, 0) is 31.4 Å². The number of amides is 2. The van der Waals surface area contributed by atoms with Crippen LogP contribution in [0.5, 0.6) is 0 Å². The van der Waals surface area contributed by atoms with Gasteiger partial charge < -0.3 is 15.7 Å². The van der Waals surface area contributed by atoms with E-state index in [1.165, 1.54) is 0 Å².